The third-order valence-corrected chi connectivity index (χ3v) is 3.45. The second kappa shape index (κ2) is 10.1. The zero-order chi connectivity index (χ0) is 13.1. The number of carbonyl (C=O) groups is 2. The Morgan fingerprint density at radius 3 is 1.78 bits per heavy atom. The molecule has 0 N–H and O–H groups in total. The molecule has 1 heterocycles. The molecule has 0 saturated carbocycles. The highest BCUT2D eigenvalue weighted by Gasteiger charge is 2.06. The molecule has 1 saturated heterocycles. The Hall–Kier alpha value is -0.860. The zero-order valence-corrected chi connectivity index (χ0v) is 11.4. The van der Waals surface area contributed by atoms with E-state index in [9.17, 15) is 9.59 Å². The molecule has 0 aromatic heterocycles. The fraction of sp³-hybridized carbons (Fsp3) is 0.867. The Kier molecular flexibility index (Phi) is 8.53. The maximum Gasteiger partial charge on any atom is 0.305 e. The monoisotopic (exact) mass is 254 g/mol. The Balaban J connectivity index is 2.22. The second-order valence-corrected chi connectivity index (χ2v) is 5.19. The van der Waals surface area contributed by atoms with E-state index >= 15 is 0 Å². The van der Waals surface area contributed by atoms with E-state index in [1.54, 1.807) is 0 Å². The topological polar surface area (TPSA) is 43.4 Å². The van der Waals surface area contributed by atoms with Gasteiger partial charge in [-0.05, 0) is 19.3 Å². The Bertz CT molecular complexity index is 222. The molecule has 3 heteroatoms. The van der Waals surface area contributed by atoms with Gasteiger partial charge in [0.05, 0.1) is 6.61 Å². The van der Waals surface area contributed by atoms with Gasteiger partial charge in [0.2, 0.25) is 0 Å². The van der Waals surface area contributed by atoms with Crippen LogP contribution in [0.3, 0.4) is 0 Å². The summed E-state index contributed by atoms with van der Waals surface area (Å²) in [7, 11) is 0. The molecule has 0 spiro atoms. The summed E-state index contributed by atoms with van der Waals surface area (Å²) >= 11 is 0. The van der Waals surface area contributed by atoms with Crippen LogP contribution in [-0.2, 0) is 14.3 Å². The molecule has 0 unspecified atom stereocenters. The second-order valence-electron chi connectivity index (χ2n) is 5.19. The van der Waals surface area contributed by atoms with Crippen LogP contribution in [0.2, 0.25) is 0 Å². The van der Waals surface area contributed by atoms with Gasteiger partial charge in [-0.1, -0.05) is 38.5 Å². The van der Waals surface area contributed by atoms with Crippen LogP contribution in [0.15, 0.2) is 0 Å². The van der Waals surface area contributed by atoms with Crippen LogP contribution in [-0.4, -0.2) is 18.4 Å². The average Bonchev–Trinajstić information content (AvgIpc) is 2.35. The summed E-state index contributed by atoms with van der Waals surface area (Å²) in [6, 6.07) is 0. The first-order valence-corrected chi connectivity index (χ1v) is 7.46. The maximum absolute atomic E-state index is 11.5. The minimum Gasteiger partial charge on any atom is -0.466 e. The summed E-state index contributed by atoms with van der Waals surface area (Å²) in [6.45, 7) is 0.407. The summed E-state index contributed by atoms with van der Waals surface area (Å²) in [5.41, 5.74) is 0. The van der Waals surface area contributed by atoms with Gasteiger partial charge in [0.25, 0.3) is 0 Å². The SMILES string of the molecule is O=C1CCCCCCCCCCC(=O)OCCC1. The highest BCUT2D eigenvalue weighted by molar-refractivity contribution is 5.78. The van der Waals surface area contributed by atoms with E-state index in [0.29, 0.717) is 38.1 Å². The number of cyclic esters (lactones) is 1. The minimum atomic E-state index is -0.102. The minimum absolute atomic E-state index is 0.102. The Morgan fingerprint density at radius 2 is 1.11 bits per heavy atom. The summed E-state index contributed by atoms with van der Waals surface area (Å²) < 4.78 is 5.10. The van der Waals surface area contributed by atoms with Crippen molar-refractivity contribution in [3.05, 3.63) is 0 Å². The molecular formula is C15H26O3. The summed E-state index contributed by atoms with van der Waals surface area (Å²) in [4.78, 5) is 22.9. The lowest BCUT2D eigenvalue weighted by molar-refractivity contribution is -0.144. The lowest BCUT2D eigenvalue weighted by Crippen LogP contribution is -2.07. The van der Waals surface area contributed by atoms with Gasteiger partial charge in [0, 0.05) is 19.3 Å². The number of ketones is 1. The van der Waals surface area contributed by atoms with Crippen molar-refractivity contribution in [2.24, 2.45) is 0 Å². The number of rotatable bonds is 0. The van der Waals surface area contributed by atoms with Crippen molar-refractivity contribution in [1.82, 2.24) is 0 Å². The first-order chi connectivity index (χ1) is 8.79. The molecule has 1 rings (SSSR count). The molecule has 0 bridgehead atoms. The van der Waals surface area contributed by atoms with E-state index in [2.05, 4.69) is 0 Å². The van der Waals surface area contributed by atoms with Crippen LogP contribution in [0.4, 0.5) is 0 Å². The molecule has 0 amide bonds. The predicted octanol–water partition coefficient (Wildman–Crippen LogP) is 3.79. The third kappa shape index (κ3) is 8.26. The molecule has 18 heavy (non-hydrogen) atoms. The molecule has 0 atom stereocenters. The van der Waals surface area contributed by atoms with Crippen molar-refractivity contribution in [3.63, 3.8) is 0 Å². The number of esters is 1. The highest BCUT2D eigenvalue weighted by Crippen LogP contribution is 2.12. The summed E-state index contributed by atoms with van der Waals surface area (Å²) in [5.74, 6) is 0.215. The lowest BCUT2D eigenvalue weighted by atomic mass is 10.0. The molecule has 1 aliphatic rings. The molecule has 104 valence electrons. The largest absolute Gasteiger partial charge is 0.466 e. The number of carbonyl (C=O) groups excluding carboxylic acids is 2. The summed E-state index contributed by atoms with van der Waals surface area (Å²) in [5, 5.41) is 0. The van der Waals surface area contributed by atoms with E-state index in [0.717, 1.165) is 19.3 Å². The fourth-order valence-corrected chi connectivity index (χ4v) is 2.30. The zero-order valence-electron chi connectivity index (χ0n) is 11.4. The van der Waals surface area contributed by atoms with Crippen molar-refractivity contribution in [1.29, 1.82) is 0 Å². The fourth-order valence-electron chi connectivity index (χ4n) is 2.30. The van der Waals surface area contributed by atoms with Crippen molar-refractivity contribution in [2.75, 3.05) is 6.61 Å². The van der Waals surface area contributed by atoms with Crippen LogP contribution < -0.4 is 0 Å². The number of hydrogen-bond donors (Lipinski definition) is 0. The first-order valence-electron chi connectivity index (χ1n) is 7.46. The van der Waals surface area contributed by atoms with Crippen molar-refractivity contribution < 1.29 is 14.3 Å². The van der Waals surface area contributed by atoms with Crippen LogP contribution in [0.25, 0.3) is 0 Å². The normalized spacial score (nSPS) is 22.4. The number of hydrogen-bond acceptors (Lipinski definition) is 3. The molecule has 0 aliphatic carbocycles. The molecule has 0 aromatic carbocycles. The van der Waals surface area contributed by atoms with Crippen LogP contribution in [0, 0.1) is 0 Å². The Morgan fingerprint density at radius 1 is 0.611 bits per heavy atom. The van der Waals surface area contributed by atoms with Crippen LogP contribution in [0.1, 0.15) is 77.0 Å². The van der Waals surface area contributed by atoms with E-state index in [-0.39, 0.29) is 5.97 Å². The molecule has 1 fully saturated rings. The lowest BCUT2D eigenvalue weighted by Gasteiger charge is -2.06. The first kappa shape index (κ1) is 15.2. The van der Waals surface area contributed by atoms with E-state index in [1.807, 2.05) is 0 Å². The molecule has 1 aliphatic heterocycles. The molecule has 0 aromatic rings. The molecule has 0 radical (unpaired) electrons. The van der Waals surface area contributed by atoms with E-state index in [1.165, 1.54) is 32.1 Å². The summed E-state index contributed by atoms with van der Waals surface area (Å²) in [6.07, 6.45) is 11.7. The van der Waals surface area contributed by atoms with Gasteiger partial charge in [0.15, 0.2) is 0 Å². The third-order valence-electron chi connectivity index (χ3n) is 3.45. The molecular weight excluding hydrogens is 228 g/mol. The van der Waals surface area contributed by atoms with Crippen LogP contribution >= 0.6 is 0 Å². The predicted molar refractivity (Wildman–Crippen MR) is 71.4 cm³/mol. The standard InChI is InChI=1S/C15H26O3/c16-14-10-7-5-3-1-2-4-6-8-12-15(17)18-13-9-11-14/h1-13H2. The maximum atomic E-state index is 11.5. The van der Waals surface area contributed by atoms with E-state index in [4.69, 9.17) is 4.74 Å². The van der Waals surface area contributed by atoms with Gasteiger partial charge in [-0.25, -0.2) is 0 Å². The quantitative estimate of drug-likeness (QED) is 0.618. The molecule has 3 nitrogen and oxygen atoms in total. The van der Waals surface area contributed by atoms with Gasteiger partial charge in [-0.15, -0.1) is 0 Å². The van der Waals surface area contributed by atoms with Gasteiger partial charge in [0.1, 0.15) is 5.78 Å². The van der Waals surface area contributed by atoms with Gasteiger partial charge in [-0.2, -0.15) is 0 Å². The van der Waals surface area contributed by atoms with Gasteiger partial charge >= 0.3 is 5.97 Å². The Labute approximate surface area is 110 Å². The highest BCUT2D eigenvalue weighted by atomic mass is 16.5. The average molecular weight is 254 g/mol. The number of Topliss-reactive ketones (excluding diaryl/α,β-unsaturated/α-hetero) is 1. The van der Waals surface area contributed by atoms with E-state index < -0.39 is 0 Å². The van der Waals surface area contributed by atoms with Crippen LogP contribution in [0.5, 0.6) is 0 Å². The van der Waals surface area contributed by atoms with Gasteiger partial charge in [-0.3, -0.25) is 9.59 Å². The smallest absolute Gasteiger partial charge is 0.305 e. The van der Waals surface area contributed by atoms with Crippen molar-refractivity contribution in [3.8, 4) is 0 Å². The number of ether oxygens (including phenoxy) is 1. The van der Waals surface area contributed by atoms with Crippen molar-refractivity contribution in [2.45, 2.75) is 77.0 Å². The van der Waals surface area contributed by atoms with Crippen molar-refractivity contribution >= 4 is 11.8 Å². The van der Waals surface area contributed by atoms with Gasteiger partial charge < -0.3 is 4.74 Å².